The number of carbonyl (C=O) groups is 1. The Kier molecular flexibility index (Phi) is 5.18. The molecule has 9 nitrogen and oxygen atoms in total. The standard InChI is InChI=1S/C24H31N7O2/c1-2-25-23(32)30-5-3-24(16-30)4-6-31-21(24)12-20(28-31)18-11-17-15-27-22(13-19(17)26-14-18)29-7-9-33-10-8-29/h11-12,14-15,22H,2-10,13,16H2,1H3,(H,25,32). The zero-order valence-electron chi connectivity index (χ0n) is 19.2. The highest BCUT2D eigenvalue weighted by molar-refractivity contribution is 5.84. The van der Waals surface area contributed by atoms with Crippen molar-refractivity contribution in [3.8, 4) is 11.3 Å². The van der Waals surface area contributed by atoms with Crippen molar-refractivity contribution in [1.82, 2.24) is 29.9 Å². The monoisotopic (exact) mass is 449 g/mol. The molecule has 0 bridgehead atoms. The maximum Gasteiger partial charge on any atom is 0.317 e. The zero-order chi connectivity index (χ0) is 22.4. The number of amides is 2. The molecule has 1 spiro atoms. The van der Waals surface area contributed by atoms with Gasteiger partial charge in [0.1, 0.15) is 6.17 Å². The quantitative estimate of drug-likeness (QED) is 0.770. The van der Waals surface area contributed by atoms with E-state index < -0.39 is 0 Å². The molecule has 2 saturated heterocycles. The molecule has 2 atom stereocenters. The van der Waals surface area contributed by atoms with E-state index in [1.165, 1.54) is 5.69 Å². The van der Waals surface area contributed by atoms with Crippen LogP contribution >= 0.6 is 0 Å². The number of hydrogen-bond donors (Lipinski definition) is 1. The van der Waals surface area contributed by atoms with Gasteiger partial charge in [-0.05, 0) is 31.9 Å². The number of urea groups is 1. The Morgan fingerprint density at radius 2 is 2.06 bits per heavy atom. The molecule has 0 aromatic carbocycles. The second-order valence-corrected chi connectivity index (χ2v) is 9.55. The predicted octanol–water partition coefficient (Wildman–Crippen LogP) is 1.66. The van der Waals surface area contributed by atoms with Gasteiger partial charge in [-0.2, -0.15) is 5.10 Å². The van der Waals surface area contributed by atoms with Crippen LogP contribution in [0.1, 0.15) is 36.7 Å². The lowest BCUT2D eigenvalue weighted by Crippen LogP contribution is -2.44. The van der Waals surface area contributed by atoms with Crippen molar-refractivity contribution >= 4 is 12.2 Å². The van der Waals surface area contributed by atoms with E-state index in [-0.39, 0.29) is 17.6 Å². The van der Waals surface area contributed by atoms with E-state index in [4.69, 9.17) is 19.8 Å². The van der Waals surface area contributed by atoms with E-state index >= 15 is 0 Å². The number of pyridine rings is 1. The number of rotatable bonds is 3. The minimum atomic E-state index is 0.0187. The average molecular weight is 450 g/mol. The number of ether oxygens (including phenoxy) is 1. The minimum absolute atomic E-state index is 0.0187. The van der Waals surface area contributed by atoms with Gasteiger partial charge in [-0.1, -0.05) is 0 Å². The lowest BCUT2D eigenvalue weighted by Gasteiger charge is -2.33. The number of nitrogens with one attached hydrogen (secondary N) is 1. The van der Waals surface area contributed by atoms with Gasteiger partial charge in [0.2, 0.25) is 0 Å². The van der Waals surface area contributed by atoms with Gasteiger partial charge < -0.3 is 15.0 Å². The Morgan fingerprint density at radius 3 is 2.91 bits per heavy atom. The second-order valence-electron chi connectivity index (χ2n) is 9.55. The van der Waals surface area contributed by atoms with Crippen molar-refractivity contribution in [2.45, 2.75) is 44.3 Å². The summed E-state index contributed by atoms with van der Waals surface area (Å²) in [4.78, 5) is 26.3. The van der Waals surface area contributed by atoms with Crippen LogP contribution < -0.4 is 5.32 Å². The van der Waals surface area contributed by atoms with Crippen molar-refractivity contribution in [3.05, 3.63) is 35.3 Å². The number of carbonyl (C=O) groups excluding carboxylic acids is 1. The van der Waals surface area contributed by atoms with Gasteiger partial charge in [0.15, 0.2) is 0 Å². The Balaban J connectivity index is 1.21. The lowest BCUT2D eigenvalue weighted by molar-refractivity contribution is 0.0180. The molecule has 0 saturated carbocycles. The third-order valence-corrected chi connectivity index (χ3v) is 7.62. The van der Waals surface area contributed by atoms with Crippen LogP contribution in [0.3, 0.4) is 0 Å². The third kappa shape index (κ3) is 3.63. The summed E-state index contributed by atoms with van der Waals surface area (Å²) in [5.41, 5.74) is 5.44. The van der Waals surface area contributed by atoms with Crippen LogP contribution in [0, 0.1) is 0 Å². The highest BCUT2D eigenvalue weighted by Gasteiger charge is 2.46. The lowest BCUT2D eigenvalue weighted by atomic mass is 9.82. The molecule has 174 valence electrons. The number of nitrogens with zero attached hydrogens (tertiary/aromatic N) is 6. The summed E-state index contributed by atoms with van der Waals surface area (Å²) in [6.45, 7) is 8.49. The first kappa shape index (κ1) is 20.8. The molecular formula is C24H31N7O2. The van der Waals surface area contributed by atoms with E-state index in [9.17, 15) is 4.79 Å². The average Bonchev–Trinajstić information content (AvgIpc) is 3.56. The molecule has 4 aliphatic heterocycles. The molecule has 6 heterocycles. The summed E-state index contributed by atoms with van der Waals surface area (Å²) in [5, 5.41) is 7.85. The number of hydrogen-bond acceptors (Lipinski definition) is 6. The number of aromatic nitrogens is 3. The van der Waals surface area contributed by atoms with Crippen LogP contribution in [-0.4, -0.2) is 88.9 Å². The van der Waals surface area contributed by atoms with Gasteiger partial charge in [0.25, 0.3) is 0 Å². The van der Waals surface area contributed by atoms with Crippen molar-refractivity contribution in [1.29, 1.82) is 0 Å². The number of fused-ring (bicyclic) bond motifs is 3. The molecule has 0 aliphatic carbocycles. The highest BCUT2D eigenvalue weighted by atomic mass is 16.5. The Morgan fingerprint density at radius 1 is 1.21 bits per heavy atom. The van der Waals surface area contributed by atoms with Crippen molar-refractivity contribution in [3.63, 3.8) is 0 Å². The van der Waals surface area contributed by atoms with Crippen molar-refractivity contribution in [2.24, 2.45) is 4.99 Å². The van der Waals surface area contributed by atoms with Crippen LogP contribution in [0.25, 0.3) is 11.3 Å². The molecular weight excluding hydrogens is 418 g/mol. The number of aliphatic imine (C=N–C) groups is 1. The normalized spacial score (nSPS) is 26.6. The van der Waals surface area contributed by atoms with Gasteiger partial charge in [-0.3, -0.25) is 19.6 Å². The molecule has 0 radical (unpaired) electrons. The highest BCUT2D eigenvalue weighted by Crippen LogP contribution is 2.43. The molecule has 4 aliphatic rings. The van der Waals surface area contributed by atoms with E-state index in [2.05, 4.69) is 27.0 Å². The Labute approximate surface area is 193 Å². The number of aryl methyl sites for hydroxylation is 1. The summed E-state index contributed by atoms with van der Waals surface area (Å²) < 4.78 is 7.61. The molecule has 9 heteroatoms. The van der Waals surface area contributed by atoms with E-state index in [0.29, 0.717) is 6.54 Å². The second kappa shape index (κ2) is 8.22. The minimum Gasteiger partial charge on any atom is -0.379 e. The fourth-order valence-electron chi connectivity index (χ4n) is 5.75. The van der Waals surface area contributed by atoms with Gasteiger partial charge in [0, 0.05) is 80.3 Å². The molecule has 2 aromatic rings. The maximum absolute atomic E-state index is 12.3. The molecule has 2 amide bonds. The predicted molar refractivity (Wildman–Crippen MR) is 124 cm³/mol. The van der Waals surface area contributed by atoms with E-state index in [1.807, 2.05) is 24.2 Å². The van der Waals surface area contributed by atoms with Crippen LogP contribution in [0.2, 0.25) is 0 Å². The molecule has 2 fully saturated rings. The Hall–Kier alpha value is -2.78. The van der Waals surface area contributed by atoms with Gasteiger partial charge in [-0.25, -0.2) is 4.79 Å². The van der Waals surface area contributed by atoms with Gasteiger partial charge in [-0.15, -0.1) is 0 Å². The van der Waals surface area contributed by atoms with Crippen LogP contribution in [0.5, 0.6) is 0 Å². The number of morpholine rings is 1. The van der Waals surface area contributed by atoms with Crippen LogP contribution in [-0.2, 0) is 23.1 Å². The summed E-state index contributed by atoms with van der Waals surface area (Å²) in [6, 6.07) is 4.43. The maximum atomic E-state index is 12.3. The molecule has 2 unspecified atom stereocenters. The molecule has 6 rings (SSSR count). The summed E-state index contributed by atoms with van der Waals surface area (Å²) in [6.07, 6.45) is 6.96. The van der Waals surface area contributed by atoms with Crippen molar-refractivity contribution < 1.29 is 9.53 Å². The van der Waals surface area contributed by atoms with Crippen LogP contribution in [0.15, 0.2) is 23.3 Å². The summed E-state index contributed by atoms with van der Waals surface area (Å²) in [5.74, 6) is 0. The zero-order valence-corrected chi connectivity index (χ0v) is 19.2. The SMILES string of the molecule is CCNC(=O)N1CCC2(CCn3nc(-c4cnc5c(c4)C=NC(N4CCOCC4)C5)cc32)C1. The fraction of sp³-hybridized carbons (Fsp3) is 0.583. The molecule has 2 aromatic heterocycles. The van der Waals surface area contributed by atoms with Crippen molar-refractivity contribution in [2.75, 3.05) is 45.9 Å². The van der Waals surface area contributed by atoms with E-state index in [0.717, 1.165) is 87.7 Å². The van der Waals surface area contributed by atoms with Crippen LogP contribution in [0.4, 0.5) is 4.79 Å². The summed E-state index contributed by atoms with van der Waals surface area (Å²) >= 11 is 0. The molecule has 1 N–H and O–H groups in total. The topological polar surface area (TPSA) is 87.9 Å². The first-order chi connectivity index (χ1) is 16.1. The first-order valence-corrected chi connectivity index (χ1v) is 12.1. The first-order valence-electron chi connectivity index (χ1n) is 12.1. The molecule has 33 heavy (non-hydrogen) atoms. The largest absolute Gasteiger partial charge is 0.379 e. The summed E-state index contributed by atoms with van der Waals surface area (Å²) in [7, 11) is 0. The third-order valence-electron chi connectivity index (χ3n) is 7.62. The van der Waals surface area contributed by atoms with Gasteiger partial charge in [0.05, 0.1) is 24.6 Å². The van der Waals surface area contributed by atoms with E-state index in [1.54, 1.807) is 0 Å². The van der Waals surface area contributed by atoms with Gasteiger partial charge >= 0.3 is 6.03 Å². The number of likely N-dealkylation sites (tertiary alicyclic amines) is 1. The smallest absolute Gasteiger partial charge is 0.317 e. The fourth-order valence-corrected chi connectivity index (χ4v) is 5.75. The Bertz CT molecular complexity index is 1090.